The first-order chi connectivity index (χ1) is 10.2. The molecule has 4 nitrogen and oxygen atoms in total. The first-order valence-corrected chi connectivity index (χ1v) is 6.32. The highest BCUT2D eigenvalue weighted by molar-refractivity contribution is 5.60. The van der Waals surface area contributed by atoms with E-state index in [0.29, 0.717) is 28.3 Å². The zero-order valence-electron chi connectivity index (χ0n) is 11.8. The molecule has 0 spiro atoms. The number of halogens is 1. The lowest BCUT2D eigenvalue weighted by molar-refractivity contribution is 0.404. The van der Waals surface area contributed by atoms with Crippen LogP contribution in [0.1, 0.15) is 11.1 Å². The van der Waals surface area contributed by atoms with E-state index in [1.54, 1.807) is 32.4 Å². The standard InChI is InChI=1S/C16H15FN2O2/c1-20-13-4-6-16(21-2)15(8-13)19-10-12-7-11(9-18)3-5-14(12)17/h3-8,19H,10H2,1-2H3. The summed E-state index contributed by atoms with van der Waals surface area (Å²) in [7, 11) is 3.13. The number of hydrogen-bond acceptors (Lipinski definition) is 4. The summed E-state index contributed by atoms with van der Waals surface area (Å²) in [5.74, 6) is 0.945. The van der Waals surface area contributed by atoms with Crippen LogP contribution in [0, 0.1) is 17.1 Å². The molecule has 0 aliphatic heterocycles. The first kappa shape index (κ1) is 14.7. The Hall–Kier alpha value is -2.74. The van der Waals surface area contributed by atoms with Gasteiger partial charge in [-0.25, -0.2) is 4.39 Å². The average Bonchev–Trinajstić information content (AvgIpc) is 2.53. The van der Waals surface area contributed by atoms with Gasteiger partial charge in [-0.3, -0.25) is 0 Å². The Labute approximate surface area is 122 Å². The second-order valence-corrected chi connectivity index (χ2v) is 4.34. The minimum Gasteiger partial charge on any atom is -0.497 e. The van der Waals surface area contributed by atoms with Crippen molar-refractivity contribution in [2.45, 2.75) is 6.54 Å². The number of benzene rings is 2. The zero-order valence-corrected chi connectivity index (χ0v) is 11.8. The molecule has 2 rings (SSSR count). The molecule has 0 fully saturated rings. The molecule has 0 aliphatic rings. The van der Waals surface area contributed by atoms with Crippen LogP contribution in [0.4, 0.5) is 10.1 Å². The van der Waals surface area contributed by atoms with Crippen LogP contribution in [0.15, 0.2) is 36.4 Å². The number of nitrogens with zero attached hydrogens (tertiary/aromatic N) is 1. The normalized spacial score (nSPS) is 9.81. The molecule has 0 atom stereocenters. The monoisotopic (exact) mass is 286 g/mol. The summed E-state index contributed by atoms with van der Waals surface area (Å²) in [6, 6.07) is 11.6. The molecule has 0 saturated heterocycles. The van der Waals surface area contributed by atoms with Gasteiger partial charge in [0.1, 0.15) is 17.3 Å². The van der Waals surface area contributed by atoms with Gasteiger partial charge in [-0.05, 0) is 30.3 Å². The third kappa shape index (κ3) is 3.42. The molecule has 0 bridgehead atoms. The van der Waals surface area contributed by atoms with Crippen molar-refractivity contribution in [1.29, 1.82) is 5.26 Å². The van der Waals surface area contributed by atoms with Gasteiger partial charge in [-0.15, -0.1) is 0 Å². The predicted molar refractivity (Wildman–Crippen MR) is 78.0 cm³/mol. The van der Waals surface area contributed by atoms with Gasteiger partial charge in [0.05, 0.1) is 31.5 Å². The third-order valence-electron chi connectivity index (χ3n) is 3.05. The molecule has 0 amide bonds. The smallest absolute Gasteiger partial charge is 0.142 e. The minimum atomic E-state index is -0.358. The van der Waals surface area contributed by atoms with Crippen molar-refractivity contribution >= 4 is 5.69 Å². The lowest BCUT2D eigenvalue weighted by Gasteiger charge is -2.13. The van der Waals surface area contributed by atoms with Crippen molar-refractivity contribution in [1.82, 2.24) is 0 Å². The molecule has 2 aromatic rings. The summed E-state index contributed by atoms with van der Waals surface area (Å²) in [5, 5.41) is 12.0. The van der Waals surface area contributed by atoms with E-state index in [1.165, 1.54) is 18.2 Å². The summed E-state index contributed by atoms with van der Waals surface area (Å²) in [5.41, 5.74) is 1.53. The molecule has 0 unspecified atom stereocenters. The van der Waals surface area contributed by atoms with E-state index >= 15 is 0 Å². The van der Waals surface area contributed by atoms with Crippen LogP contribution >= 0.6 is 0 Å². The van der Waals surface area contributed by atoms with Gasteiger partial charge in [0, 0.05) is 18.2 Å². The second kappa shape index (κ2) is 6.62. The number of nitrogens with one attached hydrogen (secondary N) is 1. The summed E-state index contributed by atoms with van der Waals surface area (Å²) < 4.78 is 24.1. The Morgan fingerprint density at radius 1 is 1.14 bits per heavy atom. The van der Waals surface area contributed by atoms with E-state index in [0.717, 1.165) is 0 Å². The highest BCUT2D eigenvalue weighted by atomic mass is 19.1. The average molecular weight is 286 g/mol. The number of nitriles is 1. The summed E-state index contributed by atoms with van der Waals surface area (Å²) >= 11 is 0. The van der Waals surface area contributed by atoms with Gasteiger partial charge in [0.15, 0.2) is 0 Å². The van der Waals surface area contributed by atoms with Gasteiger partial charge in [0.25, 0.3) is 0 Å². The Bertz CT molecular complexity index is 680. The number of ether oxygens (including phenoxy) is 2. The van der Waals surface area contributed by atoms with E-state index in [2.05, 4.69) is 5.32 Å². The minimum absolute atomic E-state index is 0.241. The van der Waals surface area contributed by atoms with E-state index in [-0.39, 0.29) is 12.4 Å². The lowest BCUT2D eigenvalue weighted by atomic mass is 10.1. The SMILES string of the molecule is COc1ccc(OC)c(NCc2cc(C#N)ccc2F)c1. The molecule has 0 saturated carbocycles. The van der Waals surface area contributed by atoms with Crippen molar-refractivity contribution in [2.75, 3.05) is 19.5 Å². The number of hydrogen-bond donors (Lipinski definition) is 1. The van der Waals surface area contributed by atoms with Gasteiger partial charge < -0.3 is 14.8 Å². The maximum Gasteiger partial charge on any atom is 0.142 e. The van der Waals surface area contributed by atoms with Crippen molar-refractivity contribution in [3.63, 3.8) is 0 Å². The Balaban J connectivity index is 2.21. The molecule has 0 radical (unpaired) electrons. The molecular formula is C16H15FN2O2. The van der Waals surface area contributed by atoms with Gasteiger partial charge in [0.2, 0.25) is 0 Å². The van der Waals surface area contributed by atoms with Gasteiger partial charge in [-0.2, -0.15) is 5.26 Å². The second-order valence-electron chi connectivity index (χ2n) is 4.34. The molecule has 2 aromatic carbocycles. The molecule has 0 aromatic heterocycles. The van der Waals surface area contributed by atoms with Crippen LogP contribution in [-0.2, 0) is 6.54 Å². The van der Waals surface area contributed by atoms with Crippen LogP contribution in [0.25, 0.3) is 0 Å². The van der Waals surface area contributed by atoms with Crippen molar-refractivity contribution in [2.24, 2.45) is 0 Å². The van der Waals surface area contributed by atoms with Crippen LogP contribution in [0.5, 0.6) is 11.5 Å². The van der Waals surface area contributed by atoms with Crippen LogP contribution in [0.3, 0.4) is 0 Å². The van der Waals surface area contributed by atoms with Crippen molar-refractivity contribution in [3.8, 4) is 17.6 Å². The molecule has 0 aliphatic carbocycles. The van der Waals surface area contributed by atoms with E-state index in [1.807, 2.05) is 6.07 Å². The number of rotatable bonds is 5. The van der Waals surface area contributed by atoms with E-state index in [9.17, 15) is 4.39 Å². The lowest BCUT2D eigenvalue weighted by Crippen LogP contribution is -2.04. The summed E-state index contributed by atoms with van der Waals surface area (Å²) in [4.78, 5) is 0. The predicted octanol–water partition coefficient (Wildman–Crippen LogP) is 3.33. The van der Waals surface area contributed by atoms with Crippen molar-refractivity contribution < 1.29 is 13.9 Å². The summed E-state index contributed by atoms with van der Waals surface area (Å²) in [6.45, 7) is 0.241. The van der Waals surface area contributed by atoms with E-state index < -0.39 is 0 Å². The van der Waals surface area contributed by atoms with Crippen LogP contribution < -0.4 is 14.8 Å². The van der Waals surface area contributed by atoms with Gasteiger partial charge in [-0.1, -0.05) is 0 Å². The molecule has 1 N–H and O–H groups in total. The van der Waals surface area contributed by atoms with Gasteiger partial charge >= 0.3 is 0 Å². The Kier molecular flexibility index (Phi) is 4.62. The Morgan fingerprint density at radius 3 is 2.62 bits per heavy atom. The molecule has 5 heteroatoms. The van der Waals surface area contributed by atoms with E-state index in [4.69, 9.17) is 14.7 Å². The van der Waals surface area contributed by atoms with Crippen LogP contribution in [-0.4, -0.2) is 14.2 Å². The quantitative estimate of drug-likeness (QED) is 0.916. The molecular weight excluding hydrogens is 271 g/mol. The zero-order chi connectivity index (χ0) is 15.2. The highest BCUT2D eigenvalue weighted by Crippen LogP contribution is 2.29. The van der Waals surface area contributed by atoms with Crippen LogP contribution in [0.2, 0.25) is 0 Å². The third-order valence-corrected chi connectivity index (χ3v) is 3.05. The van der Waals surface area contributed by atoms with Crippen molar-refractivity contribution in [3.05, 3.63) is 53.3 Å². The fourth-order valence-corrected chi connectivity index (χ4v) is 1.92. The fraction of sp³-hybridized carbons (Fsp3) is 0.188. The molecule has 108 valence electrons. The Morgan fingerprint density at radius 2 is 1.95 bits per heavy atom. The largest absolute Gasteiger partial charge is 0.497 e. The highest BCUT2D eigenvalue weighted by Gasteiger charge is 2.07. The number of anilines is 1. The maximum absolute atomic E-state index is 13.7. The molecule has 21 heavy (non-hydrogen) atoms. The molecule has 0 heterocycles. The number of methoxy groups -OCH3 is 2. The first-order valence-electron chi connectivity index (χ1n) is 6.32. The topological polar surface area (TPSA) is 54.3 Å². The maximum atomic E-state index is 13.7. The summed E-state index contributed by atoms with van der Waals surface area (Å²) in [6.07, 6.45) is 0. The fourth-order valence-electron chi connectivity index (χ4n) is 1.92.